The molecule has 0 spiro atoms. The number of benzene rings is 2. The third-order valence-corrected chi connectivity index (χ3v) is 9.95. The summed E-state index contributed by atoms with van der Waals surface area (Å²) < 4.78 is 0. The summed E-state index contributed by atoms with van der Waals surface area (Å²) in [5, 5.41) is 71.7. The van der Waals surface area contributed by atoms with E-state index in [9.17, 15) is 30.6 Å². The Bertz CT molecular complexity index is 1050. The lowest BCUT2D eigenvalue weighted by Gasteiger charge is -2.89. The van der Waals surface area contributed by atoms with Crippen molar-refractivity contribution >= 4 is 0 Å². The van der Waals surface area contributed by atoms with Gasteiger partial charge in [-0.25, -0.2) is 0 Å². The van der Waals surface area contributed by atoms with Crippen LogP contribution in [0.2, 0.25) is 0 Å². The SMILES string of the molecule is CCCCCCC1(c2ccccc2)C(O)[C@@]2(O)C(CCCCCC)(c3ccccc3)[C@@](O)([C@H](O)CO)[C@@]12O. The zero-order valence-corrected chi connectivity index (χ0v) is 22.9. The Kier molecular flexibility index (Phi) is 8.44. The second-order valence-corrected chi connectivity index (χ2v) is 11.6. The molecule has 0 aliphatic heterocycles. The largest absolute Gasteiger partial charge is 0.394 e. The standard InChI is InChI=1S/C32H46O6/c1-3-5-7-15-21-28(24-17-11-9-12-18-24)27(35)31(37)29(22-16-8-6-4-2,25-19-13-10-14-20-25)30(36,26(34)23-33)32(28,31)38/h9-14,17-20,26-27,33-38H,3-8,15-16,21-23H2,1-2H3/t26-,27?,28?,29?,30+,31-,32+/m1/s1. The minimum atomic E-state index is -2.32. The molecular weight excluding hydrogens is 480 g/mol. The van der Waals surface area contributed by atoms with Crippen molar-refractivity contribution in [3.8, 4) is 0 Å². The van der Waals surface area contributed by atoms with Gasteiger partial charge in [0.2, 0.25) is 0 Å². The number of hydrogen-bond acceptors (Lipinski definition) is 6. The number of fused-ring (bicyclic) bond motifs is 1. The fourth-order valence-electron chi connectivity index (χ4n) is 8.28. The number of rotatable bonds is 14. The molecule has 210 valence electrons. The predicted octanol–water partition coefficient (Wildman–Crippen LogP) is 3.74. The lowest BCUT2D eigenvalue weighted by molar-refractivity contribution is -0.515. The number of aliphatic hydroxyl groups excluding tert-OH is 3. The molecule has 38 heavy (non-hydrogen) atoms. The highest BCUT2D eigenvalue weighted by Gasteiger charge is 3.02. The monoisotopic (exact) mass is 526 g/mol. The molecule has 0 amide bonds. The lowest BCUT2D eigenvalue weighted by Crippen LogP contribution is -3.10. The van der Waals surface area contributed by atoms with Crippen LogP contribution in [0.25, 0.3) is 0 Å². The highest BCUT2D eigenvalue weighted by atomic mass is 16.5. The Morgan fingerprint density at radius 2 is 1.21 bits per heavy atom. The topological polar surface area (TPSA) is 121 Å². The first-order chi connectivity index (χ1) is 18.2. The van der Waals surface area contributed by atoms with Gasteiger partial charge in [0, 0.05) is 0 Å². The molecule has 2 aliphatic carbocycles. The molecule has 6 heteroatoms. The van der Waals surface area contributed by atoms with Crippen LogP contribution < -0.4 is 0 Å². The lowest BCUT2D eigenvalue weighted by atomic mass is 9.19. The van der Waals surface area contributed by atoms with Gasteiger partial charge in [-0.3, -0.25) is 0 Å². The van der Waals surface area contributed by atoms with Crippen LogP contribution in [0.1, 0.15) is 89.2 Å². The van der Waals surface area contributed by atoms with Crippen molar-refractivity contribution < 1.29 is 30.6 Å². The van der Waals surface area contributed by atoms with Crippen molar-refractivity contribution in [1.82, 2.24) is 0 Å². The first-order valence-electron chi connectivity index (χ1n) is 14.5. The van der Waals surface area contributed by atoms with Crippen LogP contribution in [0, 0.1) is 0 Å². The summed E-state index contributed by atoms with van der Waals surface area (Å²) in [6.45, 7) is 3.40. The second-order valence-electron chi connectivity index (χ2n) is 11.6. The fraction of sp³-hybridized carbons (Fsp3) is 0.625. The molecule has 0 bridgehead atoms. The van der Waals surface area contributed by atoms with E-state index in [0.29, 0.717) is 30.4 Å². The molecule has 7 atom stereocenters. The van der Waals surface area contributed by atoms with Gasteiger partial charge in [0.25, 0.3) is 0 Å². The first-order valence-corrected chi connectivity index (χ1v) is 14.5. The smallest absolute Gasteiger partial charge is 0.141 e. The minimum absolute atomic E-state index is 0.237. The third-order valence-electron chi connectivity index (χ3n) is 9.95. The van der Waals surface area contributed by atoms with Crippen molar-refractivity contribution in [2.45, 2.75) is 118 Å². The fourth-order valence-corrected chi connectivity index (χ4v) is 8.28. The summed E-state index contributed by atoms with van der Waals surface area (Å²) in [4.78, 5) is 0. The Labute approximate surface area is 227 Å². The van der Waals surface area contributed by atoms with E-state index in [1.165, 1.54) is 0 Å². The highest BCUT2D eigenvalue weighted by molar-refractivity contribution is 5.64. The van der Waals surface area contributed by atoms with Crippen LogP contribution in [-0.4, -0.2) is 66.3 Å². The Morgan fingerprint density at radius 3 is 1.71 bits per heavy atom. The van der Waals surface area contributed by atoms with E-state index in [2.05, 4.69) is 13.8 Å². The quantitative estimate of drug-likeness (QED) is 0.209. The Morgan fingerprint density at radius 1 is 0.711 bits per heavy atom. The first kappa shape index (κ1) is 29.2. The number of hydrogen-bond donors (Lipinski definition) is 6. The summed E-state index contributed by atoms with van der Waals surface area (Å²) in [5.41, 5.74) is -8.65. The van der Waals surface area contributed by atoms with E-state index < -0.39 is 46.4 Å². The molecule has 2 aliphatic rings. The van der Waals surface area contributed by atoms with Crippen molar-refractivity contribution in [2.24, 2.45) is 0 Å². The van der Waals surface area contributed by atoms with Gasteiger partial charge in [-0.2, -0.15) is 0 Å². The summed E-state index contributed by atoms with van der Waals surface area (Å²) in [6.07, 6.45) is 4.34. The van der Waals surface area contributed by atoms with Gasteiger partial charge in [0.1, 0.15) is 22.9 Å². The van der Waals surface area contributed by atoms with Gasteiger partial charge >= 0.3 is 0 Å². The van der Waals surface area contributed by atoms with E-state index in [1.807, 2.05) is 24.3 Å². The maximum atomic E-state index is 12.7. The maximum Gasteiger partial charge on any atom is 0.141 e. The zero-order valence-electron chi connectivity index (χ0n) is 22.9. The van der Waals surface area contributed by atoms with Crippen LogP contribution >= 0.6 is 0 Å². The maximum absolute atomic E-state index is 12.7. The Balaban J connectivity index is 1.94. The zero-order chi connectivity index (χ0) is 27.7. The van der Waals surface area contributed by atoms with E-state index in [1.54, 1.807) is 36.4 Å². The molecule has 6 N–H and O–H groups in total. The summed E-state index contributed by atoms with van der Waals surface area (Å²) in [7, 11) is 0. The third kappa shape index (κ3) is 3.41. The summed E-state index contributed by atoms with van der Waals surface area (Å²) >= 11 is 0. The molecule has 2 saturated carbocycles. The summed E-state index contributed by atoms with van der Waals surface area (Å²) in [6, 6.07) is 18.0. The molecule has 2 aromatic rings. The van der Waals surface area contributed by atoms with Crippen LogP contribution in [-0.2, 0) is 10.8 Å². The number of aliphatic hydroxyl groups is 6. The van der Waals surface area contributed by atoms with E-state index in [4.69, 9.17) is 0 Å². The molecule has 0 aromatic heterocycles. The van der Waals surface area contributed by atoms with Crippen molar-refractivity contribution in [3.63, 3.8) is 0 Å². The van der Waals surface area contributed by atoms with Crippen LogP contribution in [0.3, 0.4) is 0 Å². The Hall–Kier alpha value is -1.80. The predicted molar refractivity (Wildman–Crippen MR) is 148 cm³/mol. The van der Waals surface area contributed by atoms with Crippen LogP contribution in [0.5, 0.6) is 0 Å². The molecule has 2 aromatic carbocycles. The average Bonchev–Trinajstić information content (AvgIpc) is 2.96. The molecule has 0 radical (unpaired) electrons. The van der Waals surface area contributed by atoms with Crippen LogP contribution in [0.4, 0.5) is 0 Å². The molecule has 6 nitrogen and oxygen atoms in total. The second kappa shape index (κ2) is 11.0. The van der Waals surface area contributed by atoms with Gasteiger partial charge in [-0.15, -0.1) is 0 Å². The molecular formula is C32H46O6. The van der Waals surface area contributed by atoms with Crippen molar-refractivity contribution in [3.05, 3.63) is 71.8 Å². The molecule has 4 rings (SSSR count). The van der Waals surface area contributed by atoms with Crippen molar-refractivity contribution in [2.75, 3.05) is 6.61 Å². The van der Waals surface area contributed by atoms with Gasteiger partial charge in [0.05, 0.1) is 23.5 Å². The normalized spacial score (nSPS) is 36.7. The summed E-state index contributed by atoms with van der Waals surface area (Å²) in [5.74, 6) is 0. The van der Waals surface area contributed by atoms with Gasteiger partial charge in [-0.1, -0.05) is 126 Å². The van der Waals surface area contributed by atoms with Crippen LogP contribution in [0.15, 0.2) is 60.7 Å². The molecule has 2 fully saturated rings. The average molecular weight is 527 g/mol. The van der Waals surface area contributed by atoms with E-state index >= 15 is 0 Å². The van der Waals surface area contributed by atoms with Gasteiger partial charge in [-0.05, 0) is 24.0 Å². The number of unbranched alkanes of at least 4 members (excludes halogenated alkanes) is 6. The highest BCUT2D eigenvalue weighted by Crippen LogP contribution is 2.82. The van der Waals surface area contributed by atoms with Crippen molar-refractivity contribution in [1.29, 1.82) is 0 Å². The van der Waals surface area contributed by atoms with E-state index in [0.717, 1.165) is 38.5 Å². The molecule has 0 heterocycles. The van der Waals surface area contributed by atoms with Gasteiger partial charge in [0.15, 0.2) is 0 Å². The molecule has 0 saturated heterocycles. The van der Waals surface area contributed by atoms with E-state index in [-0.39, 0.29) is 6.42 Å². The van der Waals surface area contributed by atoms with Gasteiger partial charge < -0.3 is 30.6 Å². The minimum Gasteiger partial charge on any atom is -0.394 e. The molecule has 3 unspecified atom stereocenters.